The predicted octanol–water partition coefficient (Wildman–Crippen LogP) is 3.76. The lowest BCUT2D eigenvalue weighted by Crippen LogP contribution is -2.62. The fraction of sp³-hybridized carbons (Fsp3) is 0.478. The Balaban J connectivity index is 1.52. The average Bonchev–Trinajstić information content (AvgIpc) is 2.66. The van der Waals surface area contributed by atoms with E-state index in [0.717, 1.165) is 50.8 Å². The molecule has 2 bridgehead atoms. The highest BCUT2D eigenvalue weighted by Gasteiger charge is 2.55. The highest BCUT2D eigenvalue weighted by Crippen LogP contribution is 2.56. The smallest absolute Gasteiger partial charge is 0.123 e. The van der Waals surface area contributed by atoms with Gasteiger partial charge in [0.25, 0.3) is 0 Å². The molecule has 0 amide bonds. The van der Waals surface area contributed by atoms with E-state index in [2.05, 4.69) is 11.0 Å². The largest absolute Gasteiger partial charge is 0.508 e. The minimum absolute atomic E-state index is 0.0199. The van der Waals surface area contributed by atoms with Crippen LogP contribution in [0.15, 0.2) is 42.5 Å². The molecule has 1 saturated heterocycles. The number of aromatic hydroxyl groups is 1. The van der Waals surface area contributed by atoms with E-state index in [1.54, 1.807) is 18.2 Å². The molecule has 0 spiro atoms. The number of piperidine rings is 1. The van der Waals surface area contributed by atoms with E-state index in [9.17, 15) is 14.6 Å². The van der Waals surface area contributed by atoms with Gasteiger partial charge in [-0.05, 0) is 85.5 Å². The molecule has 2 fully saturated rings. The summed E-state index contributed by atoms with van der Waals surface area (Å²) in [6, 6.07) is 13.1. The number of fused-ring (bicyclic) bond motifs is 1. The van der Waals surface area contributed by atoms with Gasteiger partial charge in [-0.2, -0.15) is 0 Å². The molecule has 2 aliphatic carbocycles. The molecule has 5 rings (SSSR count). The van der Waals surface area contributed by atoms with E-state index in [1.165, 1.54) is 11.1 Å². The second-order valence-electron chi connectivity index (χ2n) is 8.66. The maximum Gasteiger partial charge on any atom is 0.123 e. The molecule has 1 aliphatic heterocycles. The number of likely N-dealkylation sites (tertiary alicyclic amines) is 1. The van der Waals surface area contributed by atoms with Gasteiger partial charge in [-0.15, -0.1) is 0 Å². The molecule has 0 aromatic heterocycles. The van der Waals surface area contributed by atoms with Gasteiger partial charge < -0.3 is 10.2 Å². The van der Waals surface area contributed by atoms with Crippen LogP contribution in [0.1, 0.15) is 42.4 Å². The summed E-state index contributed by atoms with van der Waals surface area (Å²) in [6.07, 6.45) is 4.43. The molecular weight excluding hydrogens is 341 g/mol. The lowest BCUT2D eigenvalue weighted by molar-refractivity contribution is -0.0511. The van der Waals surface area contributed by atoms with Gasteiger partial charge in [-0.3, -0.25) is 4.90 Å². The second-order valence-corrected chi connectivity index (χ2v) is 8.66. The van der Waals surface area contributed by atoms with Crippen molar-refractivity contribution in [2.45, 2.75) is 56.2 Å². The maximum atomic E-state index is 13.3. The first-order valence-corrected chi connectivity index (χ1v) is 10.0. The third-order valence-electron chi connectivity index (χ3n) is 7.26. The second kappa shape index (κ2) is 6.32. The average molecular weight is 367 g/mol. The molecule has 1 heterocycles. The topological polar surface area (TPSA) is 43.7 Å². The Bertz CT molecular complexity index is 852. The molecule has 142 valence electrons. The number of rotatable bonds is 2. The van der Waals surface area contributed by atoms with Gasteiger partial charge in [0.05, 0.1) is 6.10 Å². The van der Waals surface area contributed by atoms with Gasteiger partial charge in [0, 0.05) is 18.0 Å². The molecule has 0 radical (unpaired) electrons. The van der Waals surface area contributed by atoms with Crippen molar-refractivity contribution in [2.24, 2.45) is 5.92 Å². The third-order valence-corrected chi connectivity index (χ3v) is 7.26. The van der Waals surface area contributed by atoms with Crippen molar-refractivity contribution in [3.63, 3.8) is 0 Å². The van der Waals surface area contributed by atoms with Crippen LogP contribution in [0, 0.1) is 11.7 Å². The van der Waals surface area contributed by atoms with Gasteiger partial charge in [0.2, 0.25) is 0 Å². The molecule has 4 heteroatoms. The van der Waals surface area contributed by atoms with Crippen LogP contribution in [0.25, 0.3) is 0 Å². The Morgan fingerprint density at radius 3 is 2.74 bits per heavy atom. The van der Waals surface area contributed by atoms with E-state index in [0.29, 0.717) is 17.7 Å². The highest BCUT2D eigenvalue weighted by atomic mass is 19.1. The van der Waals surface area contributed by atoms with Crippen molar-refractivity contribution in [3.05, 3.63) is 65.0 Å². The summed E-state index contributed by atoms with van der Waals surface area (Å²) in [5.41, 5.74) is 3.71. The number of nitrogens with zero attached hydrogens (tertiary/aromatic N) is 1. The predicted molar refractivity (Wildman–Crippen MR) is 102 cm³/mol. The number of benzene rings is 2. The van der Waals surface area contributed by atoms with Crippen LogP contribution >= 0.6 is 0 Å². The van der Waals surface area contributed by atoms with E-state index in [-0.39, 0.29) is 17.3 Å². The van der Waals surface area contributed by atoms with Crippen LogP contribution in [0.2, 0.25) is 0 Å². The van der Waals surface area contributed by atoms with Crippen molar-refractivity contribution >= 4 is 0 Å². The minimum Gasteiger partial charge on any atom is -0.508 e. The lowest BCUT2D eigenvalue weighted by atomic mass is 9.52. The Morgan fingerprint density at radius 1 is 1.11 bits per heavy atom. The summed E-state index contributed by atoms with van der Waals surface area (Å²) in [7, 11) is 0. The molecular formula is C23H26FNO2. The zero-order valence-corrected chi connectivity index (χ0v) is 15.4. The first kappa shape index (κ1) is 17.2. The zero-order chi connectivity index (χ0) is 18.6. The molecule has 2 aromatic rings. The van der Waals surface area contributed by atoms with Gasteiger partial charge in [-0.25, -0.2) is 4.39 Å². The molecule has 2 aromatic carbocycles. The number of aliphatic hydroxyl groups is 1. The Labute approximate surface area is 159 Å². The van der Waals surface area contributed by atoms with Crippen molar-refractivity contribution in [2.75, 3.05) is 6.54 Å². The number of hydrogen-bond donors (Lipinski definition) is 2. The van der Waals surface area contributed by atoms with Gasteiger partial charge in [0.15, 0.2) is 0 Å². The van der Waals surface area contributed by atoms with Crippen molar-refractivity contribution < 1.29 is 14.6 Å². The number of phenolic OH excluding ortho intramolecular Hbond substituents is 1. The van der Waals surface area contributed by atoms with Gasteiger partial charge in [-0.1, -0.05) is 18.2 Å². The van der Waals surface area contributed by atoms with E-state index in [1.807, 2.05) is 18.2 Å². The van der Waals surface area contributed by atoms with Crippen LogP contribution < -0.4 is 0 Å². The minimum atomic E-state index is -0.251. The first-order valence-electron chi connectivity index (χ1n) is 10.0. The van der Waals surface area contributed by atoms with Crippen LogP contribution in [0.3, 0.4) is 0 Å². The fourth-order valence-corrected chi connectivity index (χ4v) is 6.10. The summed E-state index contributed by atoms with van der Waals surface area (Å²) >= 11 is 0. The molecule has 27 heavy (non-hydrogen) atoms. The standard InChI is InChI=1S/C23H26FNO2/c24-17-4-1-15(2-5-17)14-25-10-9-23-13-19(27)7-8-20(23)22(25)11-16-3-6-18(26)12-21(16)23/h1-6,12,19-20,22,26-27H,7-11,13-14H2/t19-,20?,22?,23-/m0/s1. The summed E-state index contributed by atoms with van der Waals surface area (Å²) in [4.78, 5) is 2.56. The van der Waals surface area contributed by atoms with E-state index < -0.39 is 0 Å². The number of phenols is 1. The third kappa shape index (κ3) is 2.77. The fourth-order valence-electron chi connectivity index (χ4n) is 6.10. The summed E-state index contributed by atoms with van der Waals surface area (Å²) in [5.74, 6) is 0.641. The number of hydrogen-bond acceptors (Lipinski definition) is 3. The maximum absolute atomic E-state index is 13.3. The molecule has 3 aliphatic rings. The zero-order valence-electron chi connectivity index (χ0n) is 15.4. The lowest BCUT2D eigenvalue weighted by Gasteiger charge is -2.59. The van der Waals surface area contributed by atoms with Crippen LogP contribution in [0.5, 0.6) is 5.75 Å². The van der Waals surface area contributed by atoms with Gasteiger partial charge in [0.1, 0.15) is 11.6 Å². The van der Waals surface area contributed by atoms with Crippen LogP contribution in [-0.4, -0.2) is 33.8 Å². The van der Waals surface area contributed by atoms with E-state index >= 15 is 0 Å². The summed E-state index contributed by atoms with van der Waals surface area (Å²) in [5, 5.41) is 20.6. The SMILES string of the molecule is Oc1ccc2c(c1)[C@]13CCN(Cc4ccc(F)cc4)C(C2)C1CC[C@H](O)C3. The number of aliphatic hydroxyl groups excluding tert-OH is 1. The molecule has 1 saturated carbocycles. The Morgan fingerprint density at radius 2 is 1.93 bits per heavy atom. The summed E-state index contributed by atoms with van der Waals surface area (Å²) < 4.78 is 13.3. The molecule has 4 atom stereocenters. The van der Waals surface area contributed by atoms with Gasteiger partial charge >= 0.3 is 0 Å². The normalized spacial score (nSPS) is 32.6. The molecule has 2 N–H and O–H groups in total. The van der Waals surface area contributed by atoms with Crippen LogP contribution in [0.4, 0.5) is 4.39 Å². The quantitative estimate of drug-likeness (QED) is 0.849. The first-order chi connectivity index (χ1) is 13.0. The monoisotopic (exact) mass is 367 g/mol. The Hall–Kier alpha value is -1.91. The highest BCUT2D eigenvalue weighted by molar-refractivity contribution is 5.45. The molecule has 2 unspecified atom stereocenters. The van der Waals surface area contributed by atoms with Crippen molar-refractivity contribution in [3.8, 4) is 5.75 Å². The van der Waals surface area contributed by atoms with Crippen LogP contribution in [-0.2, 0) is 18.4 Å². The van der Waals surface area contributed by atoms with Crippen molar-refractivity contribution in [1.82, 2.24) is 4.90 Å². The Kier molecular flexibility index (Phi) is 4.03. The molecule has 3 nitrogen and oxygen atoms in total. The summed E-state index contributed by atoms with van der Waals surface area (Å²) in [6.45, 7) is 1.81. The van der Waals surface area contributed by atoms with Crippen molar-refractivity contribution in [1.29, 1.82) is 0 Å². The van der Waals surface area contributed by atoms with E-state index in [4.69, 9.17) is 0 Å². The number of halogens is 1.